The van der Waals surface area contributed by atoms with Crippen LogP contribution in [-0.4, -0.2) is 59.6 Å². The second-order valence-corrected chi connectivity index (χ2v) is 6.91. The maximum absolute atomic E-state index is 11.8. The van der Waals surface area contributed by atoms with Crippen molar-refractivity contribution < 1.29 is 14.7 Å². The molecule has 1 fully saturated rings. The van der Waals surface area contributed by atoms with Crippen LogP contribution in [-0.2, 0) is 16.1 Å². The number of aryl methyl sites for hydroxylation is 1. The first-order valence-corrected chi connectivity index (χ1v) is 8.74. The molecule has 0 spiro atoms. The Morgan fingerprint density at radius 1 is 1.64 bits per heavy atom. The molecule has 10 heteroatoms. The molecule has 2 aliphatic heterocycles. The average molecular weight is 341 g/mol. The highest BCUT2D eigenvalue weighted by molar-refractivity contribution is 8.01. The average Bonchev–Trinajstić information content (AvgIpc) is 2.99. The summed E-state index contributed by atoms with van der Waals surface area (Å²) >= 11 is 2.87. The topological polar surface area (TPSA) is 114 Å². The van der Waals surface area contributed by atoms with E-state index in [2.05, 4.69) is 10.1 Å². The van der Waals surface area contributed by atoms with Crippen molar-refractivity contribution in [1.29, 1.82) is 0 Å². The van der Waals surface area contributed by atoms with Gasteiger partial charge in [-0.25, -0.2) is 9.78 Å². The van der Waals surface area contributed by atoms with Gasteiger partial charge in [-0.1, -0.05) is 11.8 Å². The summed E-state index contributed by atoms with van der Waals surface area (Å²) in [6, 6.07) is -0.601. The van der Waals surface area contributed by atoms with E-state index in [-0.39, 0.29) is 17.0 Å². The molecule has 1 amide bonds. The molecule has 0 bridgehead atoms. The van der Waals surface area contributed by atoms with Gasteiger partial charge in [0.15, 0.2) is 0 Å². The van der Waals surface area contributed by atoms with Gasteiger partial charge < -0.3 is 10.8 Å². The van der Waals surface area contributed by atoms with Gasteiger partial charge in [0.05, 0.1) is 0 Å². The summed E-state index contributed by atoms with van der Waals surface area (Å²) in [5.41, 5.74) is 6.48. The second-order valence-electron chi connectivity index (χ2n) is 4.86. The molecule has 1 aromatic rings. The van der Waals surface area contributed by atoms with Crippen molar-refractivity contribution in [2.45, 2.75) is 30.0 Å². The largest absolute Gasteiger partial charge is 0.477 e. The number of hydrogen-bond donors (Lipinski definition) is 2. The predicted octanol–water partition coefficient (Wildman–Crippen LogP) is -0.0288. The van der Waals surface area contributed by atoms with Crippen LogP contribution in [0.25, 0.3) is 0 Å². The molecule has 118 valence electrons. The number of β-lactam (4-membered cyclic amide) rings is 1. The van der Waals surface area contributed by atoms with Gasteiger partial charge in [0.2, 0.25) is 11.1 Å². The standard InChI is InChI=1S/C12H15N5O3S2/c1-2-16-5-14-12(15-16)22-4-6-3-21-10-7(13)9(18)17(10)8(6)11(19)20/h5,7,10H,2-4,13H2,1H3,(H,19,20). The lowest BCUT2D eigenvalue weighted by Gasteiger charge is -2.48. The zero-order valence-electron chi connectivity index (χ0n) is 11.8. The summed E-state index contributed by atoms with van der Waals surface area (Å²) in [7, 11) is 0. The second kappa shape index (κ2) is 5.94. The molecule has 0 aliphatic carbocycles. The summed E-state index contributed by atoms with van der Waals surface area (Å²) < 4.78 is 1.71. The molecule has 0 aromatic carbocycles. The molecule has 22 heavy (non-hydrogen) atoms. The van der Waals surface area contributed by atoms with E-state index in [9.17, 15) is 14.7 Å². The number of aromatic nitrogens is 3. The van der Waals surface area contributed by atoms with Gasteiger partial charge in [0.25, 0.3) is 0 Å². The first-order chi connectivity index (χ1) is 10.5. The first kappa shape index (κ1) is 15.4. The van der Waals surface area contributed by atoms with Crippen LogP contribution in [0.15, 0.2) is 22.8 Å². The van der Waals surface area contributed by atoms with Gasteiger partial charge in [-0.05, 0) is 12.5 Å². The maximum Gasteiger partial charge on any atom is 0.352 e. The lowest BCUT2D eigenvalue weighted by molar-refractivity contribution is -0.147. The molecule has 2 aliphatic rings. The number of aliphatic carboxylic acids is 1. The maximum atomic E-state index is 11.8. The van der Waals surface area contributed by atoms with E-state index in [1.807, 2.05) is 6.92 Å². The van der Waals surface area contributed by atoms with E-state index in [0.29, 0.717) is 22.2 Å². The van der Waals surface area contributed by atoms with Crippen LogP contribution < -0.4 is 5.73 Å². The van der Waals surface area contributed by atoms with E-state index in [4.69, 9.17) is 5.73 Å². The lowest BCUT2D eigenvalue weighted by Crippen LogP contribution is -2.68. The van der Waals surface area contributed by atoms with Crippen molar-refractivity contribution in [3.05, 3.63) is 17.6 Å². The normalized spacial score (nSPS) is 24.3. The van der Waals surface area contributed by atoms with Crippen LogP contribution in [0, 0.1) is 0 Å². The van der Waals surface area contributed by atoms with E-state index in [1.165, 1.54) is 28.4 Å². The molecule has 2 atom stereocenters. The third-order valence-electron chi connectivity index (χ3n) is 3.51. The Kier molecular flexibility index (Phi) is 4.15. The summed E-state index contributed by atoms with van der Waals surface area (Å²) in [5.74, 6) is -0.432. The third kappa shape index (κ3) is 2.50. The highest BCUT2D eigenvalue weighted by Gasteiger charge is 2.51. The number of nitrogens with two attached hydrogens (primary N) is 1. The molecule has 3 rings (SSSR count). The zero-order chi connectivity index (χ0) is 15.9. The van der Waals surface area contributed by atoms with Crippen molar-refractivity contribution in [2.75, 3.05) is 11.5 Å². The number of thioether (sulfide) groups is 2. The molecule has 1 aromatic heterocycles. The van der Waals surface area contributed by atoms with Crippen molar-refractivity contribution in [2.24, 2.45) is 5.73 Å². The minimum atomic E-state index is -1.09. The minimum absolute atomic E-state index is 0.0675. The monoisotopic (exact) mass is 341 g/mol. The van der Waals surface area contributed by atoms with E-state index in [1.54, 1.807) is 11.0 Å². The molecule has 0 saturated carbocycles. The molecular formula is C12H15N5O3S2. The highest BCUT2D eigenvalue weighted by atomic mass is 32.2. The van der Waals surface area contributed by atoms with Gasteiger partial charge in [-0.3, -0.25) is 14.4 Å². The summed E-state index contributed by atoms with van der Waals surface area (Å²) in [6.45, 7) is 2.69. The van der Waals surface area contributed by atoms with Crippen molar-refractivity contribution in [3.63, 3.8) is 0 Å². The fraction of sp³-hybridized carbons (Fsp3) is 0.500. The number of rotatable bonds is 5. The van der Waals surface area contributed by atoms with Crippen LogP contribution in [0.2, 0.25) is 0 Å². The number of hydrogen-bond acceptors (Lipinski definition) is 7. The Morgan fingerprint density at radius 2 is 2.41 bits per heavy atom. The van der Waals surface area contributed by atoms with Gasteiger partial charge >= 0.3 is 5.97 Å². The fourth-order valence-corrected chi connectivity index (χ4v) is 4.59. The van der Waals surface area contributed by atoms with Crippen molar-refractivity contribution in [1.82, 2.24) is 19.7 Å². The Hall–Kier alpha value is -1.52. The first-order valence-electron chi connectivity index (χ1n) is 6.70. The summed E-state index contributed by atoms with van der Waals surface area (Å²) in [5, 5.41) is 14.0. The molecule has 2 unspecified atom stereocenters. The molecule has 8 nitrogen and oxygen atoms in total. The highest BCUT2D eigenvalue weighted by Crippen LogP contribution is 2.40. The van der Waals surface area contributed by atoms with Crippen LogP contribution in [0.4, 0.5) is 0 Å². The zero-order valence-corrected chi connectivity index (χ0v) is 13.4. The van der Waals surface area contributed by atoms with Crippen molar-refractivity contribution in [3.8, 4) is 0 Å². The number of amides is 1. The number of carboxylic acid groups (broad SMARTS) is 1. The Balaban J connectivity index is 1.78. The summed E-state index contributed by atoms with van der Waals surface area (Å²) in [4.78, 5) is 28.8. The Labute approximate surface area is 135 Å². The number of carbonyl (C=O) groups excluding carboxylic acids is 1. The quantitative estimate of drug-likeness (QED) is 0.567. The SMILES string of the molecule is CCn1cnc(SCC2=C(C(=O)O)N3C(=O)C(N)C3SC2)n1. The number of nitrogens with zero attached hydrogens (tertiary/aromatic N) is 4. The van der Waals surface area contributed by atoms with Crippen LogP contribution in [0.1, 0.15) is 6.92 Å². The Morgan fingerprint density at radius 3 is 3.05 bits per heavy atom. The van der Waals surface area contributed by atoms with Gasteiger partial charge in [0.1, 0.15) is 23.4 Å². The third-order valence-corrected chi connectivity index (χ3v) is 5.80. The van der Waals surface area contributed by atoms with Gasteiger partial charge in [-0.2, -0.15) is 0 Å². The van der Waals surface area contributed by atoms with E-state index in [0.717, 1.165) is 6.54 Å². The Bertz CT molecular complexity index is 659. The van der Waals surface area contributed by atoms with Crippen LogP contribution in [0.5, 0.6) is 0 Å². The smallest absolute Gasteiger partial charge is 0.352 e. The predicted molar refractivity (Wildman–Crippen MR) is 82.1 cm³/mol. The van der Waals surface area contributed by atoms with Crippen molar-refractivity contribution >= 4 is 35.4 Å². The minimum Gasteiger partial charge on any atom is -0.477 e. The van der Waals surface area contributed by atoms with Gasteiger partial charge in [0, 0.05) is 18.1 Å². The number of carboxylic acids is 1. The number of fused-ring (bicyclic) bond motifs is 1. The molecule has 1 saturated heterocycles. The van der Waals surface area contributed by atoms with Gasteiger partial charge in [-0.15, -0.1) is 16.9 Å². The van der Waals surface area contributed by atoms with E-state index < -0.39 is 12.0 Å². The molecule has 3 N–H and O–H groups in total. The van der Waals surface area contributed by atoms with Crippen LogP contribution in [0.3, 0.4) is 0 Å². The molecule has 0 radical (unpaired) electrons. The lowest BCUT2D eigenvalue weighted by atomic mass is 10.0. The summed E-state index contributed by atoms with van der Waals surface area (Å²) in [6.07, 6.45) is 1.64. The molecular weight excluding hydrogens is 326 g/mol. The van der Waals surface area contributed by atoms with E-state index >= 15 is 0 Å². The number of carbonyl (C=O) groups is 2. The van der Waals surface area contributed by atoms with Crippen LogP contribution >= 0.6 is 23.5 Å². The fourth-order valence-electron chi connectivity index (χ4n) is 2.34. The molecule has 3 heterocycles.